The van der Waals surface area contributed by atoms with Crippen LogP contribution in [0.1, 0.15) is 15.9 Å². The first-order valence-corrected chi connectivity index (χ1v) is 8.25. The van der Waals surface area contributed by atoms with Crippen LogP contribution in [-0.2, 0) is 10.2 Å². The maximum Gasteiger partial charge on any atom is 0.281 e. The Morgan fingerprint density at radius 3 is 2.29 bits per heavy atom. The van der Waals surface area contributed by atoms with Crippen molar-refractivity contribution >= 4 is 16.1 Å². The smallest absolute Gasteiger partial charge is 0.281 e. The van der Waals surface area contributed by atoms with E-state index in [-0.39, 0.29) is 5.91 Å². The zero-order valence-electron chi connectivity index (χ0n) is 12.6. The van der Waals surface area contributed by atoms with Gasteiger partial charge in [-0.25, -0.2) is 0 Å². The lowest BCUT2D eigenvalue weighted by molar-refractivity contribution is 0.0695. The van der Waals surface area contributed by atoms with Crippen LogP contribution in [0, 0.1) is 6.92 Å². The third-order valence-electron chi connectivity index (χ3n) is 3.58. The van der Waals surface area contributed by atoms with Crippen molar-refractivity contribution in [2.24, 2.45) is 0 Å². The van der Waals surface area contributed by atoms with Gasteiger partial charge >= 0.3 is 0 Å². The molecule has 6 nitrogen and oxygen atoms in total. The summed E-state index contributed by atoms with van der Waals surface area (Å²) in [4.78, 5) is 14.1. The molecule has 0 saturated carbocycles. The minimum Gasteiger partial charge on any atom is -0.336 e. The standard InChI is InChI=1S/C14H21N3O3S/c1-12-5-4-6-13(11-12)14(18)16-7-9-17(10-8-16)21(19,20)15(2)3/h4-6,11H,7-10H2,1-3H3. The number of amides is 1. The molecular formula is C14H21N3O3S. The van der Waals surface area contributed by atoms with Gasteiger partial charge in [-0.3, -0.25) is 4.79 Å². The van der Waals surface area contributed by atoms with E-state index in [0.29, 0.717) is 31.7 Å². The van der Waals surface area contributed by atoms with E-state index in [9.17, 15) is 13.2 Å². The van der Waals surface area contributed by atoms with Gasteiger partial charge < -0.3 is 4.90 Å². The molecule has 0 aromatic heterocycles. The molecule has 1 fully saturated rings. The van der Waals surface area contributed by atoms with Gasteiger partial charge in [-0.1, -0.05) is 17.7 Å². The van der Waals surface area contributed by atoms with Crippen molar-refractivity contribution in [3.05, 3.63) is 35.4 Å². The lowest BCUT2D eigenvalue weighted by atomic mass is 10.1. The average molecular weight is 311 g/mol. The van der Waals surface area contributed by atoms with Gasteiger partial charge in [0.25, 0.3) is 16.1 Å². The SMILES string of the molecule is Cc1cccc(C(=O)N2CCN(S(=O)(=O)N(C)C)CC2)c1. The van der Waals surface area contributed by atoms with Crippen molar-refractivity contribution in [2.75, 3.05) is 40.3 Å². The fourth-order valence-electron chi connectivity index (χ4n) is 2.31. The van der Waals surface area contributed by atoms with Crippen LogP contribution in [0.4, 0.5) is 0 Å². The summed E-state index contributed by atoms with van der Waals surface area (Å²) in [6.07, 6.45) is 0. The molecule has 116 valence electrons. The third-order valence-corrected chi connectivity index (χ3v) is 5.52. The molecule has 21 heavy (non-hydrogen) atoms. The van der Waals surface area contributed by atoms with Crippen molar-refractivity contribution in [1.82, 2.24) is 13.5 Å². The van der Waals surface area contributed by atoms with Gasteiger partial charge in [0, 0.05) is 45.8 Å². The Kier molecular flexibility index (Phi) is 4.65. The predicted molar refractivity (Wildman–Crippen MR) is 81.3 cm³/mol. The highest BCUT2D eigenvalue weighted by molar-refractivity contribution is 7.86. The Balaban J connectivity index is 2.03. The first kappa shape index (κ1) is 15.9. The van der Waals surface area contributed by atoms with Crippen molar-refractivity contribution in [3.63, 3.8) is 0 Å². The second-order valence-corrected chi connectivity index (χ2v) is 7.49. The van der Waals surface area contributed by atoms with Gasteiger partial charge in [0.1, 0.15) is 0 Å². The number of piperazine rings is 1. The maximum absolute atomic E-state index is 12.4. The van der Waals surface area contributed by atoms with E-state index in [0.717, 1.165) is 5.56 Å². The first-order chi connectivity index (χ1) is 9.82. The van der Waals surface area contributed by atoms with Gasteiger partial charge in [0.15, 0.2) is 0 Å². The van der Waals surface area contributed by atoms with Crippen molar-refractivity contribution in [1.29, 1.82) is 0 Å². The van der Waals surface area contributed by atoms with Crippen LogP contribution in [0.2, 0.25) is 0 Å². The van der Waals surface area contributed by atoms with Crippen LogP contribution < -0.4 is 0 Å². The molecule has 0 aliphatic carbocycles. The molecule has 1 aromatic carbocycles. The number of carbonyl (C=O) groups excluding carboxylic acids is 1. The van der Waals surface area contributed by atoms with Crippen molar-refractivity contribution in [2.45, 2.75) is 6.92 Å². The van der Waals surface area contributed by atoms with Crippen LogP contribution in [0.25, 0.3) is 0 Å². The fraction of sp³-hybridized carbons (Fsp3) is 0.500. The van der Waals surface area contributed by atoms with E-state index < -0.39 is 10.2 Å². The van der Waals surface area contributed by atoms with Crippen molar-refractivity contribution < 1.29 is 13.2 Å². The third kappa shape index (κ3) is 3.42. The molecule has 0 unspecified atom stereocenters. The molecule has 0 atom stereocenters. The minimum atomic E-state index is -3.39. The number of nitrogens with zero attached hydrogens (tertiary/aromatic N) is 3. The monoisotopic (exact) mass is 311 g/mol. The van der Waals surface area contributed by atoms with Crippen LogP contribution >= 0.6 is 0 Å². The van der Waals surface area contributed by atoms with E-state index >= 15 is 0 Å². The Bertz CT molecular complexity index is 620. The van der Waals surface area contributed by atoms with Crippen LogP contribution in [-0.4, -0.2) is 68.1 Å². The zero-order chi connectivity index (χ0) is 15.6. The zero-order valence-corrected chi connectivity index (χ0v) is 13.4. The van der Waals surface area contributed by atoms with E-state index in [1.54, 1.807) is 11.0 Å². The molecule has 1 aromatic rings. The Morgan fingerprint density at radius 1 is 1.14 bits per heavy atom. The Hall–Kier alpha value is -1.44. The Labute approximate surface area is 126 Å². The first-order valence-electron chi connectivity index (χ1n) is 6.86. The van der Waals surface area contributed by atoms with Crippen LogP contribution in [0.5, 0.6) is 0 Å². The number of carbonyl (C=O) groups is 1. The minimum absolute atomic E-state index is 0.0411. The maximum atomic E-state index is 12.4. The summed E-state index contributed by atoms with van der Waals surface area (Å²) in [7, 11) is -0.365. The molecule has 0 radical (unpaired) electrons. The molecular weight excluding hydrogens is 290 g/mol. The van der Waals surface area contributed by atoms with Gasteiger partial charge in [-0.15, -0.1) is 0 Å². The number of benzene rings is 1. The molecule has 7 heteroatoms. The van der Waals surface area contributed by atoms with Crippen molar-refractivity contribution in [3.8, 4) is 0 Å². The molecule has 1 amide bonds. The topological polar surface area (TPSA) is 60.9 Å². The summed E-state index contributed by atoms with van der Waals surface area (Å²) in [5.41, 5.74) is 1.69. The fourth-order valence-corrected chi connectivity index (χ4v) is 3.40. The number of hydrogen-bond donors (Lipinski definition) is 0. The van der Waals surface area contributed by atoms with Crippen LogP contribution in [0.15, 0.2) is 24.3 Å². The molecule has 0 N–H and O–H groups in total. The second-order valence-electron chi connectivity index (χ2n) is 5.35. The number of aryl methyl sites for hydroxylation is 1. The molecule has 1 aliphatic heterocycles. The van der Waals surface area contributed by atoms with Gasteiger partial charge in [-0.2, -0.15) is 17.0 Å². The van der Waals surface area contributed by atoms with Crippen LogP contribution in [0.3, 0.4) is 0 Å². The van der Waals surface area contributed by atoms with Gasteiger partial charge in [0.2, 0.25) is 0 Å². The predicted octanol–water partition coefficient (Wildman–Crippen LogP) is 0.559. The molecule has 1 heterocycles. The summed E-state index contributed by atoms with van der Waals surface area (Å²) in [6, 6.07) is 7.44. The molecule has 1 saturated heterocycles. The summed E-state index contributed by atoms with van der Waals surface area (Å²) in [5.74, 6) is -0.0411. The number of rotatable bonds is 3. The summed E-state index contributed by atoms with van der Waals surface area (Å²) >= 11 is 0. The average Bonchev–Trinajstić information content (AvgIpc) is 2.46. The quantitative estimate of drug-likeness (QED) is 0.819. The van der Waals surface area contributed by atoms with E-state index in [1.165, 1.54) is 22.7 Å². The largest absolute Gasteiger partial charge is 0.336 e. The second kappa shape index (κ2) is 6.13. The lowest BCUT2D eigenvalue weighted by Crippen LogP contribution is -2.53. The molecule has 1 aliphatic rings. The highest BCUT2D eigenvalue weighted by Crippen LogP contribution is 2.13. The van der Waals surface area contributed by atoms with E-state index in [1.807, 2.05) is 25.1 Å². The lowest BCUT2D eigenvalue weighted by Gasteiger charge is -2.35. The number of hydrogen-bond acceptors (Lipinski definition) is 3. The summed E-state index contributed by atoms with van der Waals surface area (Å²) < 4.78 is 26.7. The molecule has 0 bridgehead atoms. The molecule has 0 spiro atoms. The van der Waals surface area contributed by atoms with E-state index in [4.69, 9.17) is 0 Å². The van der Waals surface area contributed by atoms with Gasteiger partial charge in [0.05, 0.1) is 0 Å². The van der Waals surface area contributed by atoms with E-state index in [2.05, 4.69) is 0 Å². The highest BCUT2D eigenvalue weighted by Gasteiger charge is 2.30. The highest BCUT2D eigenvalue weighted by atomic mass is 32.2. The van der Waals surface area contributed by atoms with Gasteiger partial charge in [-0.05, 0) is 19.1 Å². The molecule has 2 rings (SSSR count). The normalized spacial score (nSPS) is 17.2. The summed E-state index contributed by atoms with van der Waals surface area (Å²) in [6.45, 7) is 3.44. The Morgan fingerprint density at radius 2 is 1.76 bits per heavy atom. The summed E-state index contributed by atoms with van der Waals surface area (Å²) in [5, 5.41) is 0.